The molecule has 0 unspecified atom stereocenters. The van der Waals surface area contributed by atoms with Gasteiger partial charge in [0.1, 0.15) is 0 Å². The van der Waals surface area contributed by atoms with Crippen molar-refractivity contribution >= 4 is 23.7 Å². The molecule has 2 aromatic heterocycles. The highest BCUT2D eigenvalue weighted by atomic mass is 15.4. The fourth-order valence-electron chi connectivity index (χ4n) is 5.14. The highest BCUT2D eigenvalue weighted by Gasteiger charge is 2.40. The third-order valence-corrected chi connectivity index (χ3v) is 6.75. The second-order valence-corrected chi connectivity index (χ2v) is 9.07. The quantitative estimate of drug-likeness (QED) is 0.796. The molecule has 9 nitrogen and oxygen atoms in total. The molecule has 0 aromatic carbocycles. The van der Waals surface area contributed by atoms with Crippen LogP contribution in [0.2, 0.25) is 0 Å². The standard InChI is InChI=1S/C20H29N9/c1-27-11-14-6-7-15(12-27)29(14)20-23-18(22-19(24-20)28-8-2-3-9-28)21-17-10-16(25-26-17)13-4-5-13/h10,13-15H,2-9,11-12H2,1H3,(H2,21,22,23,24,25,26)/t14-,15-/m1/s1. The number of aromatic nitrogens is 5. The lowest BCUT2D eigenvalue weighted by molar-refractivity contribution is 0.262. The largest absolute Gasteiger partial charge is 0.341 e. The highest BCUT2D eigenvalue weighted by Crippen LogP contribution is 2.40. The number of nitrogens with one attached hydrogen (secondary N) is 2. The van der Waals surface area contributed by atoms with E-state index in [2.05, 4.69) is 43.3 Å². The van der Waals surface area contributed by atoms with Gasteiger partial charge in [-0.25, -0.2) is 0 Å². The summed E-state index contributed by atoms with van der Waals surface area (Å²) >= 11 is 0. The minimum atomic E-state index is 0.493. The summed E-state index contributed by atoms with van der Waals surface area (Å²) in [6.45, 7) is 4.20. The van der Waals surface area contributed by atoms with Gasteiger partial charge in [0, 0.05) is 55.9 Å². The molecule has 29 heavy (non-hydrogen) atoms. The van der Waals surface area contributed by atoms with E-state index in [0.717, 1.165) is 43.9 Å². The van der Waals surface area contributed by atoms with Gasteiger partial charge in [0.2, 0.25) is 17.8 Å². The molecule has 2 atom stereocenters. The van der Waals surface area contributed by atoms with Crippen molar-refractivity contribution in [2.24, 2.45) is 0 Å². The van der Waals surface area contributed by atoms with E-state index in [-0.39, 0.29) is 0 Å². The molecule has 1 aliphatic carbocycles. The van der Waals surface area contributed by atoms with Crippen LogP contribution in [0.5, 0.6) is 0 Å². The van der Waals surface area contributed by atoms with Crippen molar-refractivity contribution in [3.05, 3.63) is 11.8 Å². The van der Waals surface area contributed by atoms with Crippen LogP contribution in [0.25, 0.3) is 0 Å². The van der Waals surface area contributed by atoms with Crippen LogP contribution in [0.4, 0.5) is 23.7 Å². The van der Waals surface area contributed by atoms with Gasteiger partial charge in [0.05, 0.1) is 0 Å². The molecule has 2 bridgehead atoms. The second kappa shape index (κ2) is 6.83. The van der Waals surface area contributed by atoms with E-state index in [1.807, 2.05) is 0 Å². The lowest BCUT2D eigenvalue weighted by Gasteiger charge is -2.39. The number of anilines is 4. The molecule has 3 aliphatic heterocycles. The lowest BCUT2D eigenvalue weighted by atomic mass is 10.2. The number of aromatic amines is 1. The van der Waals surface area contributed by atoms with Gasteiger partial charge in [0.25, 0.3) is 0 Å². The van der Waals surface area contributed by atoms with Crippen LogP contribution in [-0.2, 0) is 0 Å². The van der Waals surface area contributed by atoms with Gasteiger partial charge < -0.3 is 20.0 Å². The summed E-state index contributed by atoms with van der Waals surface area (Å²) in [6, 6.07) is 3.08. The SMILES string of the molecule is CN1C[C@H]2CC[C@H](C1)N2c1nc(Nc2cc(C3CC3)[nH]n2)nc(N2CCCC2)n1. The van der Waals surface area contributed by atoms with E-state index in [4.69, 9.17) is 15.0 Å². The first kappa shape index (κ1) is 17.4. The number of hydrogen-bond donors (Lipinski definition) is 2. The van der Waals surface area contributed by atoms with E-state index in [0.29, 0.717) is 23.9 Å². The fraction of sp³-hybridized carbons (Fsp3) is 0.700. The van der Waals surface area contributed by atoms with Crippen LogP contribution in [-0.4, -0.2) is 75.4 Å². The molecule has 4 fully saturated rings. The Morgan fingerprint density at radius 2 is 1.69 bits per heavy atom. The molecular formula is C20H29N9. The Labute approximate surface area is 170 Å². The van der Waals surface area contributed by atoms with E-state index in [1.165, 1.54) is 44.2 Å². The summed E-state index contributed by atoms with van der Waals surface area (Å²) < 4.78 is 0. The molecule has 2 N–H and O–H groups in total. The molecule has 4 aliphatic rings. The zero-order valence-electron chi connectivity index (χ0n) is 17.0. The number of hydrogen-bond acceptors (Lipinski definition) is 8. The molecule has 0 spiro atoms. The Hall–Kier alpha value is -2.42. The molecule has 9 heteroatoms. The van der Waals surface area contributed by atoms with Crippen molar-refractivity contribution in [3.8, 4) is 0 Å². The number of piperazine rings is 1. The summed E-state index contributed by atoms with van der Waals surface area (Å²) in [5.74, 6) is 3.66. The van der Waals surface area contributed by atoms with Gasteiger partial charge in [-0.3, -0.25) is 5.10 Å². The van der Waals surface area contributed by atoms with Gasteiger partial charge in [-0.2, -0.15) is 20.1 Å². The zero-order chi connectivity index (χ0) is 19.4. The van der Waals surface area contributed by atoms with Crippen LogP contribution in [0.3, 0.4) is 0 Å². The summed E-state index contributed by atoms with van der Waals surface area (Å²) in [4.78, 5) is 21.7. The number of nitrogens with zero attached hydrogens (tertiary/aromatic N) is 7. The van der Waals surface area contributed by atoms with E-state index in [1.54, 1.807) is 0 Å². The molecule has 1 saturated carbocycles. The van der Waals surface area contributed by atoms with Crippen molar-refractivity contribution < 1.29 is 0 Å². The second-order valence-electron chi connectivity index (χ2n) is 9.07. The fourth-order valence-corrected chi connectivity index (χ4v) is 5.14. The molecular weight excluding hydrogens is 366 g/mol. The highest BCUT2D eigenvalue weighted by molar-refractivity contribution is 5.54. The molecule has 5 heterocycles. The first-order chi connectivity index (χ1) is 14.2. The van der Waals surface area contributed by atoms with Crippen LogP contribution < -0.4 is 15.1 Å². The smallest absolute Gasteiger partial charge is 0.235 e. The lowest BCUT2D eigenvalue weighted by Crippen LogP contribution is -2.53. The van der Waals surface area contributed by atoms with E-state index < -0.39 is 0 Å². The summed E-state index contributed by atoms with van der Waals surface area (Å²) in [7, 11) is 2.22. The summed E-state index contributed by atoms with van der Waals surface area (Å²) in [5, 5.41) is 10.9. The number of fused-ring (bicyclic) bond motifs is 2. The van der Waals surface area contributed by atoms with Gasteiger partial charge >= 0.3 is 0 Å². The normalized spacial score (nSPS) is 27.1. The first-order valence-electron chi connectivity index (χ1n) is 11.0. The first-order valence-corrected chi connectivity index (χ1v) is 11.0. The van der Waals surface area contributed by atoms with Gasteiger partial charge in [-0.1, -0.05) is 0 Å². The van der Waals surface area contributed by atoms with Gasteiger partial charge in [-0.05, 0) is 45.6 Å². The van der Waals surface area contributed by atoms with Crippen molar-refractivity contribution in [3.63, 3.8) is 0 Å². The third kappa shape index (κ3) is 3.31. The molecule has 0 amide bonds. The van der Waals surface area contributed by atoms with Crippen LogP contribution >= 0.6 is 0 Å². The van der Waals surface area contributed by atoms with Crippen molar-refractivity contribution in [1.82, 2.24) is 30.0 Å². The van der Waals surface area contributed by atoms with Gasteiger partial charge in [0.15, 0.2) is 5.82 Å². The minimum Gasteiger partial charge on any atom is -0.341 e. The average Bonchev–Trinajstić information content (AvgIpc) is 3.11. The number of likely N-dealkylation sites (N-methyl/N-ethyl adjacent to an activating group) is 1. The maximum atomic E-state index is 4.93. The maximum Gasteiger partial charge on any atom is 0.235 e. The van der Waals surface area contributed by atoms with E-state index in [9.17, 15) is 0 Å². The van der Waals surface area contributed by atoms with Crippen molar-refractivity contribution in [1.29, 1.82) is 0 Å². The molecule has 2 aromatic rings. The topological polar surface area (TPSA) is 89.1 Å². The summed E-state index contributed by atoms with van der Waals surface area (Å²) in [5.41, 5.74) is 1.21. The van der Waals surface area contributed by atoms with Crippen LogP contribution in [0, 0.1) is 0 Å². The minimum absolute atomic E-state index is 0.493. The van der Waals surface area contributed by atoms with Crippen molar-refractivity contribution in [2.75, 3.05) is 48.3 Å². The maximum absolute atomic E-state index is 4.93. The zero-order valence-corrected chi connectivity index (χ0v) is 17.0. The Morgan fingerprint density at radius 1 is 0.966 bits per heavy atom. The van der Waals surface area contributed by atoms with Crippen LogP contribution in [0.15, 0.2) is 6.07 Å². The Bertz CT molecular complexity index is 872. The monoisotopic (exact) mass is 395 g/mol. The van der Waals surface area contributed by atoms with Crippen molar-refractivity contribution in [2.45, 2.75) is 56.5 Å². The van der Waals surface area contributed by atoms with Crippen LogP contribution in [0.1, 0.15) is 50.1 Å². The predicted octanol–water partition coefficient (Wildman–Crippen LogP) is 2.10. The number of H-pyrrole nitrogens is 1. The molecule has 3 saturated heterocycles. The average molecular weight is 396 g/mol. The Morgan fingerprint density at radius 3 is 2.41 bits per heavy atom. The third-order valence-electron chi connectivity index (χ3n) is 6.75. The number of likely N-dealkylation sites (tertiary alicyclic amines) is 1. The van der Waals surface area contributed by atoms with E-state index >= 15 is 0 Å². The molecule has 154 valence electrons. The Kier molecular flexibility index (Phi) is 4.11. The van der Waals surface area contributed by atoms with Gasteiger partial charge in [-0.15, -0.1) is 0 Å². The molecule has 6 rings (SSSR count). The summed E-state index contributed by atoms with van der Waals surface area (Å²) in [6.07, 6.45) is 7.34. The Balaban J connectivity index is 1.33. The predicted molar refractivity (Wildman–Crippen MR) is 112 cm³/mol. The number of rotatable bonds is 5. The molecule has 0 radical (unpaired) electrons.